The fourth-order valence-corrected chi connectivity index (χ4v) is 4.01. The van der Waals surface area contributed by atoms with Crippen molar-refractivity contribution in [2.45, 2.75) is 25.8 Å². The van der Waals surface area contributed by atoms with Crippen LogP contribution in [0, 0.1) is 0 Å². The van der Waals surface area contributed by atoms with Gasteiger partial charge in [-0.1, -0.05) is 13.0 Å². The number of carbonyl (C=O) groups excluding carboxylic acids is 1. The highest BCUT2D eigenvalue weighted by molar-refractivity contribution is 5.95. The maximum atomic E-state index is 13.1. The molecule has 2 saturated heterocycles. The third-order valence-electron chi connectivity index (χ3n) is 5.42. The molecule has 4 rings (SSSR count). The summed E-state index contributed by atoms with van der Waals surface area (Å²) >= 11 is 0. The fourth-order valence-electron chi connectivity index (χ4n) is 4.01. The SMILES string of the molecule is CCc1c(C(=O)N2CCC(N3CCNCC3)C2)cnn1-c1ccccn1.Cl.Cl. The summed E-state index contributed by atoms with van der Waals surface area (Å²) in [6.45, 7) is 7.93. The standard InChI is InChI=1S/C19H26N6O.2ClH/c1-2-17-16(13-22-25(17)18-5-3-4-7-21-18)19(26)24-10-6-15(14-24)23-11-8-20-9-12-23;;/h3-5,7,13,15,20H,2,6,8-12,14H2,1H3;2*1H. The molecule has 0 radical (unpaired) electrons. The van der Waals surface area contributed by atoms with Crippen molar-refractivity contribution in [3.8, 4) is 5.82 Å². The number of carbonyl (C=O) groups is 1. The normalized spacial score (nSPS) is 19.8. The van der Waals surface area contributed by atoms with Gasteiger partial charge < -0.3 is 10.2 Å². The number of nitrogens with one attached hydrogen (secondary N) is 1. The smallest absolute Gasteiger partial charge is 0.257 e. The lowest BCUT2D eigenvalue weighted by Gasteiger charge is -2.32. The molecule has 7 nitrogen and oxygen atoms in total. The molecule has 2 aliphatic heterocycles. The first-order chi connectivity index (χ1) is 12.8. The first kappa shape index (κ1) is 22.6. The minimum Gasteiger partial charge on any atom is -0.337 e. The average Bonchev–Trinajstić information content (AvgIpc) is 3.36. The Balaban J connectivity index is 0.00000140. The van der Waals surface area contributed by atoms with Gasteiger partial charge in [-0.2, -0.15) is 5.10 Å². The number of pyridine rings is 1. The van der Waals surface area contributed by atoms with E-state index in [9.17, 15) is 4.79 Å². The molecule has 1 N–H and O–H groups in total. The third kappa shape index (κ3) is 4.49. The molecule has 0 bridgehead atoms. The van der Waals surface area contributed by atoms with Gasteiger partial charge in [0, 0.05) is 51.5 Å². The van der Waals surface area contributed by atoms with Gasteiger partial charge in [-0.05, 0) is 25.0 Å². The van der Waals surface area contributed by atoms with Crippen LogP contribution < -0.4 is 5.32 Å². The highest BCUT2D eigenvalue weighted by Gasteiger charge is 2.32. The van der Waals surface area contributed by atoms with E-state index in [1.54, 1.807) is 17.1 Å². The van der Waals surface area contributed by atoms with Crippen LogP contribution in [0.2, 0.25) is 0 Å². The minimum atomic E-state index is 0. The van der Waals surface area contributed by atoms with Gasteiger partial charge in [0.25, 0.3) is 5.91 Å². The lowest BCUT2D eigenvalue weighted by atomic mass is 10.2. The summed E-state index contributed by atoms with van der Waals surface area (Å²) in [5, 5.41) is 7.84. The van der Waals surface area contributed by atoms with E-state index >= 15 is 0 Å². The summed E-state index contributed by atoms with van der Waals surface area (Å²) in [6, 6.07) is 6.21. The molecule has 2 aromatic heterocycles. The van der Waals surface area contributed by atoms with Crippen molar-refractivity contribution in [3.63, 3.8) is 0 Å². The van der Waals surface area contributed by atoms with Gasteiger partial charge in [0.05, 0.1) is 17.5 Å². The molecule has 0 spiro atoms. The lowest BCUT2D eigenvalue weighted by Crippen LogP contribution is -2.49. The highest BCUT2D eigenvalue weighted by atomic mass is 35.5. The van der Waals surface area contributed by atoms with E-state index in [4.69, 9.17) is 0 Å². The zero-order chi connectivity index (χ0) is 17.9. The molecule has 2 aromatic rings. The molecule has 1 amide bonds. The van der Waals surface area contributed by atoms with Crippen LogP contribution >= 0.6 is 24.8 Å². The molecule has 1 unspecified atom stereocenters. The lowest BCUT2D eigenvalue weighted by molar-refractivity contribution is 0.0772. The Hall–Kier alpha value is -1.67. The van der Waals surface area contributed by atoms with E-state index in [1.165, 1.54) is 0 Å². The van der Waals surface area contributed by atoms with Crippen molar-refractivity contribution >= 4 is 30.7 Å². The summed E-state index contributed by atoms with van der Waals surface area (Å²) in [5.74, 6) is 0.852. The van der Waals surface area contributed by atoms with Crippen LogP contribution in [0.1, 0.15) is 29.4 Å². The van der Waals surface area contributed by atoms with E-state index < -0.39 is 0 Å². The number of halogens is 2. The van der Waals surface area contributed by atoms with Crippen molar-refractivity contribution in [1.82, 2.24) is 29.9 Å². The van der Waals surface area contributed by atoms with Gasteiger partial charge in [0.2, 0.25) is 0 Å². The van der Waals surface area contributed by atoms with Crippen LogP contribution in [0.3, 0.4) is 0 Å². The maximum absolute atomic E-state index is 13.1. The second-order valence-corrected chi connectivity index (χ2v) is 6.94. The number of rotatable bonds is 4. The van der Waals surface area contributed by atoms with E-state index in [-0.39, 0.29) is 30.7 Å². The Morgan fingerprint density at radius 2 is 2.00 bits per heavy atom. The van der Waals surface area contributed by atoms with E-state index in [2.05, 4.69) is 27.2 Å². The van der Waals surface area contributed by atoms with Crippen LogP contribution in [0.25, 0.3) is 5.82 Å². The second kappa shape index (κ2) is 10.2. The summed E-state index contributed by atoms with van der Waals surface area (Å²) < 4.78 is 1.79. The predicted octanol–water partition coefficient (Wildman–Crippen LogP) is 1.79. The van der Waals surface area contributed by atoms with Gasteiger partial charge in [-0.3, -0.25) is 9.69 Å². The number of nitrogens with zero attached hydrogens (tertiary/aromatic N) is 5. The molecule has 2 aliphatic rings. The van der Waals surface area contributed by atoms with Crippen molar-refractivity contribution in [1.29, 1.82) is 0 Å². The number of aromatic nitrogens is 3. The first-order valence-corrected chi connectivity index (χ1v) is 9.50. The Morgan fingerprint density at radius 3 is 2.68 bits per heavy atom. The maximum Gasteiger partial charge on any atom is 0.257 e. The molecule has 9 heteroatoms. The number of hydrogen-bond acceptors (Lipinski definition) is 5. The first-order valence-electron chi connectivity index (χ1n) is 9.50. The molecule has 28 heavy (non-hydrogen) atoms. The third-order valence-corrected chi connectivity index (χ3v) is 5.42. The highest BCUT2D eigenvalue weighted by Crippen LogP contribution is 2.21. The van der Waals surface area contributed by atoms with Gasteiger partial charge in [0.15, 0.2) is 5.82 Å². The molecule has 4 heterocycles. The summed E-state index contributed by atoms with van der Waals surface area (Å²) in [6.07, 6.45) is 5.25. The molecule has 0 aromatic carbocycles. The molecular weight excluding hydrogens is 399 g/mol. The van der Waals surface area contributed by atoms with Gasteiger partial charge in [-0.15, -0.1) is 24.8 Å². The number of piperazine rings is 1. The predicted molar refractivity (Wildman–Crippen MR) is 114 cm³/mol. The van der Waals surface area contributed by atoms with Gasteiger partial charge >= 0.3 is 0 Å². The summed E-state index contributed by atoms with van der Waals surface area (Å²) in [4.78, 5) is 22.0. The topological polar surface area (TPSA) is 66.3 Å². The molecular formula is C19H28Cl2N6O. The molecule has 154 valence electrons. The minimum absolute atomic E-state index is 0. The summed E-state index contributed by atoms with van der Waals surface area (Å²) in [7, 11) is 0. The van der Waals surface area contributed by atoms with E-state index in [1.807, 2.05) is 23.1 Å². The van der Waals surface area contributed by atoms with Gasteiger partial charge in [0.1, 0.15) is 0 Å². The molecule has 2 fully saturated rings. The van der Waals surface area contributed by atoms with Crippen molar-refractivity contribution in [2.24, 2.45) is 0 Å². The number of amides is 1. The number of likely N-dealkylation sites (tertiary alicyclic amines) is 1. The van der Waals surface area contributed by atoms with Crippen molar-refractivity contribution in [3.05, 3.63) is 41.9 Å². The van der Waals surface area contributed by atoms with Gasteiger partial charge in [-0.25, -0.2) is 9.67 Å². The number of hydrogen-bond donors (Lipinski definition) is 1. The van der Waals surface area contributed by atoms with Crippen LogP contribution in [-0.2, 0) is 6.42 Å². The van der Waals surface area contributed by atoms with Crippen LogP contribution in [0.5, 0.6) is 0 Å². The monoisotopic (exact) mass is 426 g/mol. The fraction of sp³-hybridized carbons (Fsp3) is 0.526. The van der Waals surface area contributed by atoms with E-state index in [0.717, 1.165) is 63.6 Å². The molecule has 0 saturated carbocycles. The average molecular weight is 427 g/mol. The zero-order valence-electron chi connectivity index (χ0n) is 16.1. The van der Waals surface area contributed by atoms with Crippen LogP contribution in [0.15, 0.2) is 30.6 Å². The van der Waals surface area contributed by atoms with E-state index in [0.29, 0.717) is 11.6 Å². The quantitative estimate of drug-likeness (QED) is 0.806. The van der Waals surface area contributed by atoms with Crippen LogP contribution in [-0.4, -0.2) is 75.8 Å². The Kier molecular flexibility index (Phi) is 8.24. The zero-order valence-corrected chi connectivity index (χ0v) is 17.7. The Bertz CT molecular complexity index is 763. The second-order valence-electron chi connectivity index (χ2n) is 6.94. The Morgan fingerprint density at radius 1 is 1.21 bits per heavy atom. The van der Waals surface area contributed by atoms with Crippen molar-refractivity contribution in [2.75, 3.05) is 39.3 Å². The Labute approximate surface area is 178 Å². The van der Waals surface area contributed by atoms with Crippen molar-refractivity contribution < 1.29 is 4.79 Å². The van der Waals surface area contributed by atoms with Crippen LogP contribution in [0.4, 0.5) is 0 Å². The largest absolute Gasteiger partial charge is 0.337 e. The summed E-state index contributed by atoms with van der Waals surface area (Å²) in [5.41, 5.74) is 1.64. The molecule has 0 aliphatic carbocycles. The molecule has 1 atom stereocenters.